The molecule has 1 heterocycles. The molecule has 1 fully saturated rings. The largest absolute Gasteiger partial charge is 0.491 e. The summed E-state index contributed by atoms with van der Waals surface area (Å²) in [7, 11) is 0. The van der Waals surface area contributed by atoms with Gasteiger partial charge >= 0.3 is 0 Å². The summed E-state index contributed by atoms with van der Waals surface area (Å²) < 4.78 is 19.0. The molecule has 3 nitrogen and oxygen atoms in total. The monoisotopic (exact) mass is 266 g/mol. The molecular weight excluding hydrogens is 243 g/mol. The molecule has 1 aliphatic heterocycles. The minimum absolute atomic E-state index is 0.277. The third kappa shape index (κ3) is 3.67. The second kappa shape index (κ2) is 6.87. The van der Waals surface area contributed by atoms with E-state index in [2.05, 4.69) is 4.90 Å². The Morgan fingerprint density at radius 2 is 2.26 bits per heavy atom. The summed E-state index contributed by atoms with van der Waals surface area (Å²) in [4.78, 5) is 2.36. The molecule has 2 rings (SSSR count). The van der Waals surface area contributed by atoms with Crippen molar-refractivity contribution >= 4 is 0 Å². The van der Waals surface area contributed by atoms with Gasteiger partial charge in [-0.1, -0.05) is 12.5 Å². The van der Waals surface area contributed by atoms with Gasteiger partial charge in [-0.3, -0.25) is 4.90 Å². The number of nitrogens with two attached hydrogens (primary N) is 1. The molecule has 0 radical (unpaired) electrons. The Hall–Kier alpha value is -1.13. The van der Waals surface area contributed by atoms with E-state index in [0.29, 0.717) is 24.9 Å². The van der Waals surface area contributed by atoms with Gasteiger partial charge in [0.2, 0.25) is 0 Å². The number of benzene rings is 1. The lowest BCUT2D eigenvalue weighted by Crippen LogP contribution is -2.43. The number of rotatable bonds is 5. The maximum Gasteiger partial charge on any atom is 0.165 e. The fourth-order valence-electron chi connectivity index (χ4n) is 2.68. The van der Waals surface area contributed by atoms with E-state index < -0.39 is 0 Å². The molecule has 1 unspecified atom stereocenters. The van der Waals surface area contributed by atoms with Gasteiger partial charge < -0.3 is 10.5 Å². The molecule has 0 amide bonds. The minimum Gasteiger partial charge on any atom is -0.491 e. The zero-order valence-corrected chi connectivity index (χ0v) is 11.6. The summed E-state index contributed by atoms with van der Waals surface area (Å²) in [6.45, 7) is 4.84. The summed E-state index contributed by atoms with van der Waals surface area (Å²) >= 11 is 0. The van der Waals surface area contributed by atoms with E-state index in [-0.39, 0.29) is 5.82 Å². The minimum atomic E-state index is -0.277. The van der Waals surface area contributed by atoms with Gasteiger partial charge in [-0.05, 0) is 44.0 Å². The summed E-state index contributed by atoms with van der Waals surface area (Å²) in [5, 5.41) is 0. The average molecular weight is 266 g/mol. The van der Waals surface area contributed by atoms with E-state index in [9.17, 15) is 4.39 Å². The zero-order chi connectivity index (χ0) is 13.7. The molecule has 4 heteroatoms. The van der Waals surface area contributed by atoms with Crippen LogP contribution in [0.2, 0.25) is 0 Å². The van der Waals surface area contributed by atoms with Crippen LogP contribution in [-0.2, 0) is 6.54 Å². The summed E-state index contributed by atoms with van der Waals surface area (Å²) in [5.41, 5.74) is 6.79. The number of hydrogen-bond donors (Lipinski definition) is 1. The lowest BCUT2D eigenvalue weighted by Gasteiger charge is -2.35. The Bertz CT molecular complexity index is 411. The van der Waals surface area contributed by atoms with Crippen molar-refractivity contribution < 1.29 is 9.13 Å². The van der Waals surface area contributed by atoms with Gasteiger partial charge in [-0.25, -0.2) is 4.39 Å². The molecule has 2 N–H and O–H groups in total. The quantitative estimate of drug-likeness (QED) is 0.890. The second-order valence-corrected chi connectivity index (χ2v) is 5.05. The van der Waals surface area contributed by atoms with Gasteiger partial charge in [-0.15, -0.1) is 0 Å². The van der Waals surface area contributed by atoms with Gasteiger partial charge in [0.15, 0.2) is 11.6 Å². The Balaban J connectivity index is 2.03. The van der Waals surface area contributed by atoms with Crippen LogP contribution in [0.5, 0.6) is 5.75 Å². The molecule has 0 saturated carbocycles. The lowest BCUT2D eigenvalue weighted by molar-refractivity contribution is 0.144. The molecule has 1 aliphatic rings. The Morgan fingerprint density at radius 3 is 2.95 bits per heavy atom. The van der Waals surface area contributed by atoms with Crippen molar-refractivity contribution in [2.24, 2.45) is 5.73 Å². The van der Waals surface area contributed by atoms with Crippen LogP contribution in [0.1, 0.15) is 31.7 Å². The molecule has 0 bridgehead atoms. The SMILES string of the molecule is CCOc1ccc(CN2CCCCC2CN)cc1F. The highest BCUT2D eigenvalue weighted by Gasteiger charge is 2.21. The average Bonchev–Trinajstić information content (AvgIpc) is 2.43. The standard InChI is InChI=1S/C15H23FN2O/c1-2-19-15-7-6-12(9-14(15)16)11-18-8-4-3-5-13(18)10-17/h6-7,9,13H,2-5,8,10-11,17H2,1H3. The van der Waals surface area contributed by atoms with Crippen molar-refractivity contribution in [2.75, 3.05) is 19.7 Å². The van der Waals surface area contributed by atoms with Gasteiger partial charge in [0, 0.05) is 19.1 Å². The zero-order valence-electron chi connectivity index (χ0n) is 11.6. The topological polar surface area (TPSA) is 38.5 Å². The van der Waals surface area contributed by atoms with E-state index in [1.165, 1.54) is 12.8 Å². The van der Waals surface area contributed by atoms with E-state index >= 15 is 0 Å². The van der Waals surface area contributed by atoms with Crippen LogP contribution in [0.4, 0.5) is 4.39 Å². The van der Waals surface area contributed by atoms with E-state index in [0.717, 1.165) is 25.1 Å². The Kier molecular flexibility index (Phi) is 5.16. The molecule has 0 aromatic heterocycles. The van der Waals surface area contributed by atoms with Crippen LogP contribution in [0, 0.1) is 5.82 Å². The first-order valence-corrected chi connectivity index (χ1v) is 7.10. The lowest BCUT2D eigenvalue weighted by atomic mass is 10.0. The predicted molar refractivity (Wildman–Crippen MR) is 74.7 cm³/mol. The van der Waals surface area contributed by atoms with E-state index in [4.69, 9.17) is 10.5 Å². The normalized spacial score (nSPS) is 20.5. The van der Waals surface area contributed by atoms with Crippen LogP contribution in [0.25, 0.3) is 0 Å². The molecule has 106 valence electrons. The number of piperidine rings is 1. The fraction of sp³-hybridized carbons (Fsp3) is 0.600. The second-order valence-electron chi connectivity index (χ2n) is 5.05. The third-order valence-electron chi connectivity index (χ3n) is 3.70. The predicted octanol–water partition coefficient (Wildman–Crippen LogP) is 2.54. The number of ether oxygens (including phenoxy) is 1. The highest BCUT2D eigenvalue weighted by molar-refractivity contribution is 5.29. The van der Waals surface area contributed by atoms with Crippen molar-refractivity contribution in [2.45, 2.75) is 38.8 Å². The first-order chi connectivity index (χ1) is 9.24. The van der Waals surface area contributed by atoms with Gasteiger partial charge in [0.1, 0.15) is 0 Å². The first kappa shape index (κ1) is 14.3. The number of halogens is 1. The Labute approximate surface area is 114 Å². The first-order valence-electron chi connectivity index (χ1n) is 7.10. The van der Waals surface area contributed by atoms with Crippen LogP contribution in [0.3, 0.4) is 0 Å². The highest BCUT2D eigenvalue weighted by Crippen LogP contribution is 2.22. The summed E-state index contributed by atoms with van der Waals surface area (Å²) in [5.74, 6) is 0.0564. The third-order valence-corrected chi connectivity index (χ3v) is 3.70. The smallest absolute Gasteiger partial charge is 0.165 e. The van der Waals surface area contributed by atoms with Crippen molar-refractivity contribution in [1.29, 1.82) is 0 Å². The van der Waals surface area contributed by atoms with Gasteiger partial charge in [0.05, 0.1) is 6.61 Å². The number of nitrogens with zero attached hydrogens (tertiary/aromatic N) is 1. The molecule has 1 saturated heterocycles. The van der Waals surface area contributed by atoms with Crippen LogP contribution in [0.15, 0.2) is 18.2 Å². The van der Waals surface area contributed by atoms with Crippen LogP contribution < -0.4 is 10.5 Å². The van der Waals surface area contributed by atoms with Gasteiger partial charge in [-0.2, -0.15) is 0 Å². The summed E-state index contributed by atoms with van der Waals surface area (Å²) in [6.07, 6.45) is 3.60. The van der Waals surface area contributed by atoms with E-state index in [1.54, 1.807) is 12.1 Å². The molecule has 1 aromatic rings. The molecular formula is C15H23FN2O. The molecule has 1 atom stereocenters. The number of likely N-dealkylation sites (tertiary alicyclic amines) is 1. The van der Waals surface area contributed by atoms with Crippen molar-refractivity contribution in [1.82, 2.24) is 4.90 Å². The van der Waals surface area contributed by atoms with Crippen LogP contribution >= 0.6 is 0 Å². The summed E-state index contributed by atoms with van der Waals surface area (Å²) in [6, 6.07) is 5.67. The molecule has 1 aromatic carbocycles. The van der Waals surface area contributed by atoms with Crippen molar-refractivity contribution in [3.63, 3.8) is 0 Å². The van der Waals surface area contributed by atoms with E-state index in [1.807, 2.05) is 13.0 Å². The molecule has 0 spiro atoms. The van der Waals surface area contributed by atoms with Crippen LogP contribution in [-0.4, -0.2) is 30.6 Å². The Morgan fingerprint density at radius 1 is 1.42 bits per heavy atom. The molecule has 19 heavy (non-hydrogen) atoms. The van der Waals surface area contributed by atoms with Gasteiger partial charge in [0.25, 0.3) is 0 Å². The molecule has 0 aliphatic carbocycles. The maximum atomic E-state index is 13.8. The highest BCUT2D eigenvalue weighted by atomic mass is 19.1. The van der Waals surface area contributed by atoms with Crippen molar-refractivity contribution in [3.8, 4) is 5.75 Å². The van der Waals surface area contributed by atoms with Crippen molar-refractivity contribution in [3.05, 3.63) is 29.6 Å². The fourth-order valence-corrected chi connectivity index (χ4v) is 2.68. The maximum absolute atomic E-state index is 13.8. The number of hydrogen-bond acceptors (Lipinski definition) is 3.